The molecule has 0 radical (unpaired) electrons. The van der Waals surface area contributed by atoms with Crippen molar-refractivity contribution >= 4 is 11.3 Å². The van der Waals surface area contributed by atoms with Gasteiger partial charge < -0.3 is 5.73 Å². The van der Waals surface area contributed by atoms with Crippen LogP contribution < -0.4 is 5.73 Å². The molecule has 1 aliphatic rings. The lowest BCUT2D eigenvalue weighted by atomic mass is 10.1. The van der Waals surface area contributed by atoms with Crippen molar-refractivity contribution in [3.8, 4) is 11.3 Å². The number of hydrogen-bond acceptors (Lipinski definition) is 3. The Bertz CT molecular complexity index is 858. The largest absolute Gasteiger partial charge is 0.399 e. The predicted octanol–water partition coefficient (Wildman–Crippen LogP) is 3.49. The fourth-order valence-electron chi connectivity index (χ4n) is 2.78. The average Bonchev–Trinajstić information content (AvgIpc) is 3.27. The number of aromatic nitrogens is 3. The van der Waals surface area contributed by atoms with Gasteiger partial charge in [0.1, 0.15) is 0 Å². The Balaban J connectivity index is 1.76. The Hall–Kier alpha value is -2.62. The van der Waals surface area contributed by atoms with Crippen LogP contribution >= 0.6 is 0 Å². The van der Waals surface area contributed by atoms with Gasteiger partial charge in [-0.2, -0.15) is 5.10 Å². The molecule has 0 amide bonds. The summed E-state index contributed by atoms with van der Waals surface area (Å²) in [5.41, 5.74) is 10.8. The highest BCUT2D eigenvalue weighted by Gasteiger charge is 2.25. The summed E-state index contributed by atoms with van der Waals surface area (Å²) in [7, 11) is 0. The summed E-state index contributed by atoms with van der Waals surface area (Å²) >= 11 is 0. The number of nitrogens with zero attached hydrogens (tertiary/aromatic N) is 3. The van der Waals surface area contributed by atoms with Crippen LogP contribution in [0.5, 0.6) is 0 Å². The number of nitrogen functional groups attached to an aromatic ring is 1. The number of benzene rings is 1. The average molecular weight is 290 g/mol. The van der Waals surface area contributed by atoms with Gasteiger partial charge in [0.2, 0.25) is 0 Å². The Kier molecular flexibility index (Phi) is 2.96. The smallest absolute Gasteiger partial charge is 0.156 e. The van der Waals surface area contributed by atoms with E-state index in [0.717, 1.165) is 34.8 Å². The Morgan fingerprint density at radius 1 is 1.23 bits per heavy atom. The third-order valence-electron chi connectivity index (χ3n) is 4.13. The van der Waals surface area contributed by atoms with Crippen molar-refractivity contribution in [2.24, 2.45) is 5.92 Å². The zero-order valence-electron chi connectivity index (χ0n) is 12.4. The molecule has 4 nitrogen and oxygen atoms in total. The first-order valence-electron chi connectivity index (χ1n) is 7.59. The summed E-state index contributed by atoms with van der Waals surface area (Å²) < 4.78 is 1.89. The fraction of sp³-hybridized carbons (Fsp3) is 0.222. The molecule has 0 unspecified atom stereocenters. The first-order chi connectivity index (χ1) is 10.7. The van der Waals surface area contributed by atoms with E-state index in [0.29, 0.717) is 5.92 Å². The molecule has 0 aliphatic heterocycles. The quantitative estimate of drug-likeness (QED) is 0.591. The van der Waals surface area contributed by atoms with Gasteiger partial charge in [0.25, 0.3) is 0 Å². The van der Waals surface area contributed by atoms with Gasteiger partial charge in [0, 0.05) is 17.7 Å². The number of hydrogen-bond donors (Lipinski definition) is 1. The third kappa shape index (κ3) is 2.37. The summed E-state index contributed by atoms with van der Waals surface area (Å²) in [6, 6.07) is 13.9. The SMILES string of the molecule is C=C(Cc1nc2cccc(-c3cccc(N)c3)n2n1)C1CC1. The summed E-state index contributed by atoms with van der Waals surface area (Å²) in [5, 5.41) is 4.67. The molecule has 1 fully saturated rings. The second kappa shape index (κ2) is 4.98. The number of pyridine rings is 1. The first kappa shape index (κ1) is 13.1. The van der Waals surface area contributed by atoms with Gasteiger partial charge in [0.05, 0.1) is 5.69 Å². The molecular formula is C18H18N4. The van der Waals surface area contributed by atoms with Crippen LogP contribution in [-0.4, -0.2) is 14.6 Å². The molecule has 2 heterocycles. The topological polar surface area (TPSA) is 56.2 Å². The van der Waals surface area contributed by atoms with Gasteiger partial charge in [-0.25, -0.2) is 9.50 Å². The van der Waals surface area contributed by atoms with Crippen LogP contribution in [0.3, 0.4) is 0 Å². The maximum Gasteiger partial charge on any atom is 0.156 e. The minimum atomic E-state index is 0.681. The molecule has 1 aromatic carbocycles. The van der Waals surface area contributed by atoms with E-state index in [2.05, 4.69) is 16.7 Å². The lowest BCUT2D eigenvalue weighted by Crippen LogP contribution is -1.97. The van der Waals surface area contributed by atoms with E-state index < -0.39 is 0 Å². The van der Waals surface area contributed by atoms with Crippen molar-refractivity contribution in [3.05, 3.63) is 60.4 Å². The number of anilines is 1. The van der Waals surface area contributed by atoms with Crippen LogP contribution in [0.2, 0.25) is 0 Å². The predicted molar refractivity (Wildman–Crippen MR) is 88.4 cm³/mol. The Morgan fingerprint density at radius 3 is 2.82 bits per heavy atom. The van der Waals surface area contributed by atoms with Gasteiger partial charge in [0.15, 0.2) is 11.5 Å². The highest BCUT2D eigenvalue weighted by molar-refractivity contribution is 5.66. The lowest BCUT2D eigenvalue weighted by molar-refractivity contribution is 0.856. The standard InChI is InChI=1S/C18H18N4/c1-12(13-8-9-13)10-17-20-18-7-3-6-16(22(18)21-17)14-4-2-5-15(19)11-14/h2-7,11,13H,1,8-10,19H2. The fourth-order valence-corrected chi connectivity index (χ4v) is 2.78. The van der Waals surface area contributed by atoms with E-state index >= 15 is 0 Å². The van der Waals surface area contributed by atoms with Crippen LogP contribution in [-0.2, 0) is 6.42 Å². The molecular weight excluding hydrogens is 272 g/mol. The molecule has 2 aromatic heterocycles. The van der Waals surface area contributed by atoms with Crippen molar-refractivity contribution in [2.45, 2.75) is 19.3 Å². The summed E-state index contributed by atoms with van der Waals surface area (Å²) in [4.78, 5) is 4.63. The first-order valence-corrected chi connectivity index (χ1v) is 7.59. The summed E-state index contributed by atoms with van der Waals surface area (Å²) in [6.07, 6.45) is 3.30. The molecule has 22 heavy (non-hydrogen) atoms. The van der Waals surface area contributed by atoms with Crippen molar-refractivity contribution < 1.29 is 0 Å². The maximum absolute atomic E-state index is 5.89. The van der Waals surface area contributed by atoms with Crippen molar-refractivity contribution in [2.75, 3.05) is 5.73 Å². The molecule has 1 aliphatic carbocycles. The molecule has 0 spiro atoms. The summed E-state index contributed by atoms with van der Waals surface area (Å²) in [6.45, 7) is 4.17. The molecule has 4 rings (SSSR count). The molecule has 3 aromatic rings. The Labute approximate surface area is 129 Å². The number of nitrogens with two attached hydrogens (primary N) is 1. The van der Waals surface area contributed by atoms with Gasteiger partial charge in [-0.15, -0.1) is 0 Å². The van der Waals surface area contributed by atoms with E-state index in [4.69, 9.17) is 5.73 Å². The minimum absolute atomic E-state index is 0.681. The molecule has 0 bridgehead atoms. The minimum Gasteiger partial charge on any atom is -0.399 e. The highest BCUT2D eigenvalue weighted by atomic mass is 15.3. The second-order valence-corrected chi connectivity index (χ2v) is 5.94. The van der Waals surface area contributed by atoms with Crippen LogP contribution in [0, 0.1) is 5.92 Å². The Morgan fingerprint density at radius 2 is 2.05 bits per heavy atom. The van der Waals surface area contributed by atoms with E-state index in [-0.39, 0.29) is 0 Å². The molecule has 0 saturated heterocycles. The number of allylic oxidation sites excluding steroid dienone is 1. The zero-order chi connectivity index (χ0) is 15.1. The molecule has 2 N–H and O–H groups in total. The van der Waals surface area contributed by atoms with Gasteiger partial charge in [-0.05, 0) is 43.0 Å². The van der Waals surface area contributed by atoms with E-state index in [1.54, 1.807) is 0 Å². The van der Waals surface area contributed by atoms with E-state index in [9.17, 15) is 0 Å². The van der Waals surface area contributed by atoms with Gasteiger partial charge in [-0.3, -0.25) is 0 Å². The molecule has 0 atom stereocenters. The van der Waals surface area contributed by atoms with E-state index in [1.807, 2.05) is 47.0 Å². The zero-order valence-corrected chi connectivity index (χ0v) is 12.4. The van der Waals surface area contributed by atoms with Crippen LogP contribution in [0.15, 0.2) is 54.6 Å². The number of rotatable bonds is 4. The van der Waals surface area contributed by atoms with Gasteiger partial charge in [-0.1, -0.05) is 30.4 Å². The van der Waals surface area contributed by atoms with Crippen LogP contribution in [0.25, 0.3) is 16.9 Å². The second-order valence-electron chi connectivity index (χ2n) is 5.94. The maximum atomic E-state index is 5.89. The number of fused-ring (bicyclic) bond motifs is 1. The normalized spacial score (nSPS) is 14.4. The molecule has 4 heteroatoms. The third-order valence-corrected chi connectivity index (χ3v) is 4.13. The van der Waals surface area contributed by atoms with Crippen molar-refractivity contribution in [3.63, 3.8) is 0 Å². The van der Waals surface area contributed by atoms with Crippen LogP contribution in [0.4, 0.5) is 5.69 Å². The van der Waals surface area contributed by atoms with E-state index in [1.165, 1.54) is 18.4 Å². The monoisotopic (exact) mass is 290 g/mol. The van der Waals surface area contributed by atoms with Gasteiger partial charge >= 0.3 is 0 Å². The van der Waals surface area contributed by atoms with Crippen molar-refractivity contribution in [1.29, 1.82) is 0 Å². The van der Waals surface area contributed by atoms with Crippen LogP contribution in [0.1, 0.15) is 18.7 Å². The van der Waals surface area contributed by atoms with Crippen molar-refractivity contribution in [1.82, 2.24) is 14.6 Å². The highest BCUT2D eigenvalue weighted by Crippen LogP contribution is 2.36. The summed E-state index contributed by atoms with van der Waals surface area (Å²) in [5.74, 6) is 1.52. The lowest BCUT2D eigenvalue weighted by Gasteiger charge is -2.04. The molecule has 1 saturated carbocycles. The molecule has 110 valence electrons.